The van der Waals surface area contributed by atoms with Gasteiger partial charge in [-0.25, -0.2) is 0 Å². The van der Waals surface area contributed by atoms with Crippen molar-refractivity contribution in [3.8, 4) is 5.75 Å². The largest absolute Gasteiger partial charge is 0.491 e. The standard InChI is InChI=1S/C18H22N4O3S/c1-4-9-21-17(13-5-6-13)19-20-18(21)26-11-14-10-15(22(23)24)7-8-16(14)25-12(2)3/h4,7-8,10,12-13H,1,5-6,9,11H2,2-3H3. The summed E-state index contributed by atoms with van der Waals surface area (Å²) in [6, 6.07) is 4.70. The van der Waals surface area contributed by atoms with Crippen LogP contribution in [-0.2, 0) is 12.3 Å². The molecule has 0 atom stereocenters. The van der Waals surface area contributed by atoms with Gasteiger partial charge in [-0.3, -0.25) is 10.1 Å². The van der Waals surface area contributed by atoms with Gasteiger partial charge < -0.3 is 9.30 Å². The summed E-state index contributed by atoms with van der Waals surface area (Å²) in [5.74, 6) is 2.68. The van der Waals surface area contributed by atoms with Crippen LogP contribution in [0.5, 0.6) is 5.75 Å². The van der Waals surface area contributed by atoms with Crippen LogP contribution < -0.4 is 4.74 Å². The Morgan fingerprint density at radius 2 is 2.23 bits per heavy atom. The summed E-state index contributed by atoms with van der Waals surface area (Å²) in [6.07, 6.45) is 4.13. The summed E-state index contributed by atoms with van der Waals surface area (Å²) >= 11 is 1.51. The first kappa shape index (κ1) is 18.4. The van der Waals surface area contributed by atoms with Crippen LogP contribution in [0, 0.1) is 10.1 Å². The molecule has 1 heterocycles. The number of hydrogen-bond acceptors (Lipinski definition) is 6. The summed E-state index contributed by atoms with van der Waals surface area (Å²) in [5, 5.41) is 20.5. The molecule has 8 heteroatoms. The Bertz CT molecular complexity index is 815. The Hall–Kier alpha value is -2.35. The lowest BCUT2D eigenvalue weighted by Crippen LogP contribution is -2.08. The normalized spacial score (nSPS) is 13.8. The Morgan fingerprint density at radius 3 is 2.85 bits per heavy atom. The van der Waals surface area contributed by atoms with Gasteiger partial charge in [-0.15, -0.1) is 16.8 Å². The van der Waals surface area contributed by atoms with E-state index < -0.39 is 4.92 Å². The Labute approximate surface area is 156 Å². The summed E-state index contributed by atoms with van der Waals surface area (Å²) in [5.41, 5.74) is 0.835. The SMILES string of the molecule is C=CCn1c(SCc2cc([N+](=O)[O-])ccc2OC(C)C)nnc1C1CC1. The maximum atomic E-state index is 11.1. The van der Waals surface area contributed by atoms with Crippen molar-refractivity contribution in [2.45, 2.75) is 56.2 Å². The minimum Gasteiger partial charge on any atom is -0.491 e. The number of nitro groups is 1. The predicted octanol–water partition coefficient (Wildman–Crippen LogP) is 4.33. The van der Waals surface area contributed by atoms with Crippen molar-refractivity contribution in [2.75, 3.05) is 0 Å². The van der Waals surface area contributed by atoms with Gasteiger partial charge in [-0.05, 0) is 32.8 Å². The lowest BCUT2D eigenvalue weighted by atomic mass is 10.2. The van der Waals surface area contributed by atoms with Gasteiger partial charge in [-0.1, -0.05) is 17.8 Å². The molecule has 0 aliphatic heterocycles. The van der Waals surface area contributed by atoms with Crippen molar-refractivity contribution in [1.82, 2.24) is 14.8 Å². The van der Waals surface area contributed by atoms with Crippen LogP contribution in [0.1, 0.15) is 44.0 Å². The zero-order chi connectivity index (χ0) is 18.7. The number of nitro benzene ring substituents is 1. The fourth-order valence-corrected chi connectivity index (χ4v) is 3.59. The summed E-state index contributed by atoms with van der Waals surface area (Å²) in [4.78, 5) is 10.7. The first-order chi connectivity index (χ1) is 12.5. The molecule has 1 aromatic carbocycles. The van der Waals surface area contributed by atoms with E-state index in [0.29, 0.717) is 24.0 Å². The Balaban J connectivity index is 1.83. The second-order valence-corrected chi connectivity index (χ2v) is 7.46. The second-order valence-electron chi connectivity index (χ2n) is 6.52. The summed E-state index contributed by atoms with van der Waals surface area (Å²) in [6.45, 7) is 8.33. The van der Waals surface area contributed by atoms with Crippen LogP contribution in [0.4, 0.5) is 5.69 Å². The van der Waals surface area contributed by atoms with Crippen molar-refractivity contribution in [3.05, 3.63) is 52.4 Å². The van der Waals surface area contributed by atoms with Crippen LogP contribution >= 0.6 is 11.8 Å². The lowest BCUT2D eigenvalue weighted by Gasteiger charge is -2.14. The van der Waals surface area contributed by atoms with Crippen molar-refractivity contribution in [1.29, 1.82) is 0 Å². The van der Waals surface area contributed by atoms with E-state index in [1.54, 1.807) is 12.1 Å². The second kappa shape index (κ2) is 7.90. The van der Waals surface area contributed by atoms with Crippen LogP contribution in [0.2, 0.25) is 0 Å². The zero-order valence-corrected chi connectivity index (χ0v) is 15.7. The molecule has 0 amide bonds. The number of aromatic nitrogens is 3. The van der Waals surface area contributed by atoms with E-state index in [0.717, 1.165) is 29.4 Å². The lowest BCUT2D eigenvalue weighted by molar-refractivity contribution is -0.384. The van der Waals surface area contributed by atoms with Crippen LogP contribution in [0.3, 0.4) is 0 Å². The quantitative estimate of drug-likeness (QED) is 0.281. The van der Waals surface area contributed by atoms with Gasteiger partial charge in [0.25, 0.3) is 5.69 Å². The predicted molar refractivity (Wildman–Crippen MR) is 101 cm³/mol. The van der Waals surface area contributed by atoms with Gasteiger partial charge in [0.2, 0.25) is 0 Å². The van der Waals surface area contributed by atoms with E-state index >= 15 is 0 Å². The third kappa shape index (κ3) is 4.24. The molecule has 26 heavy (non-hydrogen) atoms. The van der Waals surface area contributed by atoms with Crippen molar-refractivity contribution >= 4 is 17.4 Å². The minimum atomic E-state index is -0.390. The number of benzene rings is 1. The molecule has 0 radical (unpaired) electrons. The summed E-state index contributed by atoms with van der Waals surface area (Å²) < 4.78 is 7.88. The van der Waals surface area contributed by atoms with Crippen LogP contribution in [0.15, 0.2) is 36.0 Å². The molecule has 0 bridgehead atoms. The minimum absolute atomic E-state index is 0.00825. The third-order valence-corrected chi connectivity index (χ3v) is 4.99. The number of nitrogens with zero attached hydrogens (tertiary/aromatic N) is 4. The molecule has 0 unspecified atom stereocenters. The smallest absolute Gasteiger partial charge is 0.270 e. The van der Waals surface area contributed by atoms with E-state index in [9.17, 15) is 10.1 Å². The van der Waals surface area contributed by atoms with E-state index in [1.807, 2.05) is 19.9 Å². The molecule has 3 rings (SSSR count). The molecule has 1 saturated carbocycles. The molecule has 1 fully saturated rings. The number of ether oxygens (including phenoxy) is 1. The molecular formula is C18H22N4O3S. The fraction of sp³-hybridized carbons (Fsp3) is 0.444. The molecule has 0 N–H and O–H groups in total. The molecule has 1 aliphatic carbocycles. The number of non-ortho nitro benzene ring substituents is 1. The van der Waals surface area contributed by atoms with E-state index in [-0.39, 0.29) is 11.8 Å². The highest BCUT2D eigenvalue weighted by molar-refractivity contribution is 7.98. The van der Waals surface area contributed by atoms with Gasteiger partial charge in [0.1, 0.15) is 11.6 Å². The number of thioether (sulfide) groups is 1. The summed E-state index contributed by atoms with van der Waals surface area (Å²) in [7, 11) is 0. The first-order valence-corrected chi connectivity index (χ1v) is 9.59. The highest BCUT2D eigenvalue weighted by Gasteiger charge is 2.30. The first-order valence-electron chi connectivity index (χ1n) is 8.60. The molecule has 0 saturated heterocycles. The highest BCUT2D eigenvalue weighted by Crippen LogP contribution is 2.40. The average molecular weight is 374 g/mol. The van der Waals surface area contributed by atoms with Crippen LogP contribution in [-0.4, -0.2) is 25.8 Å². The zero-order valence-electron chi connectivity index (χ0n) is 14.9. The van der Waals surface area contributed by atoms with Gasteiger partial charge >= 0.3 is 0 Å². The number of rotatable bonds is 9. The maximum Gasteiger partial charge on any atom is 0.270 e. The highest BCUT2D eigenvalue weighted by atomic mass is 32.2. The monoisotopic (exact) mass is 374 g/mol. The molecule has 0 spiro atoms. The molecule has 1 aliphatic rings. The van der Waals surface area contributed by atoms with Gasteiger partial charge in [0, 0.05) is 35.9 Å². The molecule has 7 nitrogen and oxygen atoms in total. The van der Waals surface area contributed by atoms with Gasteiger partial charge in [0.05, 0.1) is 11.0 Å². The Kier molecular flexibility index (Phi) is 5.61. The van der Waals surface area contributed by atoms with Crippen molar-refractivity contribution < 1.29 is 9.66 Å². The van der Waals surface area contributed by atoms with Crippen molar-refractivity contribution in [2.24, 2.45) is 0 Å². The maximum absolute atomic E-state index is 11.1. The van der Waals surface area contributed by atoms with E-state index in [2.05, 4.69) is 21.3 Å². The van der Waals surface area contributed by atoms with E-state index in [4.69, 9.17) is 4.74 Å². The number of allylic oxidation sites excluding steroid dienone is 1. The molecular weight excluding hydrogens is 352 g/mol. The molecule has 138 valence electrons. The number of hydrogen-bond donors (Lipinski definition) is 0. The van der Waals surface area contributed by atoms with Gasteiger partial charge in [-0.2, -0.15) is 0 Å². The molecule has 1 aromatic heterocycles. The van der Waals surface area contributed by atoms with E-state index in [1.165, 1.54) is 17.8 Å². The average Bonchev–Trinajstić information content (AvgIpc) is 3.36. The molecule has 2 aromatic rings. The third-order valence-electron chi connectivity index (χ3n) is 3.97. The van der Waals surface area contributed by atoms with Crippen molar-refractivity contribution in [3.63, 3.8) is 0 Å². The van der Waals surface area contributed by atoms with Crippen LogP contribution in [0.25, 0.3) is 0 Å². The fourth-order valence-electron chi connectivity index (χ4n) is 2.65. The Morgan fingerprint density at radius 1 is 1.46 bits per heavy atom. The topological polar surface area (TPSA) is 83.1 Å². The van der Waals surface area contributed by atoms with Gasteiger partial charge in [0.15, 0.2) is 5.16 Å².